The van der Waals surface area contributed by atoms with Crippen LogP contribution in [0.15, 0.2) is 47.2 Å². The largest absolute Gasteiger partial charge is 0.384 e. The molecule has 1 fully saturated rings. The van der Waals surface area contributed by atoms with E-state index >= 15 is 0 Å². The molecule has 1 aromatic carbocycles. The van der Waals surface area contributed by atoms with E-state index in [9.17, 15) is 9.90 Å². The van der Waals surface area contributed by atoms with Gasteiger partial charge in [-0.25, -0.2) is 0 Å². The zero-order valence-corrected chi connectivity index (χ0v) is 13.5. The molecule has 3 rings (SSSR count). The predicted molar refractivity (Wildman–Crippen MR) is 88.9 cm³/mol. The van der Waals surface area contributed by atoms with Gasteiger partial charge in [-0.3, -0.25) is 4.79 Å². The van der Waals surface area contributed by atoms with E-state index in [1.807, 2.05) is 47.2 Å². The van der Waals surface area contributed by atoms with Gasteiger partial charge in [-0.1, -0.05) is 36.8 Å². The fraction of sp³-hybridized carbons (Fsp3) is 0.389. The molecule has 2 aromatic rings. The van der Waals surface area contributed by atoms with Crippen LogP contribution in [0.5, 0.6) is 0 Å². The fourth-order valence-electron chi connectivity index (χ4n) is 3.03. The Morgan fingerprint density at radius 3 is 2.59 bits per heavy atom. The Labute approximate surface area is 135 Å². The van der Waals surface area contributed by atoms with Crippen LogP contribution >= 0.6 is 11.3 Å². The van der Waals surface area contributed by atoms with E-state index in [2.05, 4.69) is 5.32 Å². The van der Waals surface area contributed by atoms with Gasteiger partial charge in [0.1, 0.15) is 5.60 Å². The number of hydrogen-bond acceptors (Lipinski definition) is 3. The summed E-state index contributed by atoms with van der Waals surface area (Å²) >= 11 is 1.55. The average molecular weight is 315 g/mol. The molecule has 0 aliphatic heterocycles. The van der Waals surface area contributed by atoms with Crippen molar-refractivity contribution in [3.05, 3.63) is 58.3 Å². The van der Waals surface area contributed by atoms with Gasteiger partial charge in [0.05, 0.1) is 12.0 Å². The molecule has 1 amide bonds. The van der Waals surface area contributed by atoms with Gasteiger partial charge in [0.15, 0.2) is 0 Å². The summed E-state index contributed by atoms with van der Waals surface area (Å²) in [7, 11) is 0. The number of benzene rings is 1. The van der Waals surface area contributed by atoms with Crippen LogP contribution in [0, 0.1) is 0 Å². The fourth-order valence-corrected chi connectivity index (χ4v) is 3.81. The molecule has 1 aromatic heterocycles. The van der Waals surface area contributed by atoms with Gasteiger partial charge in [0.25, 0.3) is 0 Å². The number of carbonyl (C=O) groups excluding carboxylic acids is 1. The molecule has 0 radical (unpaired) electrons. The summed E-state index contributed by atoms with van der Waals surface area (Å²) < 4.78 is 0. The summed E-state index contributed by atoms with van der Waals surface area (Å²) in [6, 6.07) is 11.9. The van der Waals surface area contributed by atoms with Gasteiger partial charge in [0.2, 0.25) is 5.91 Å². The van der Waals surface area contributed by atoms with Crippen molar-refractivity contribution in [3.63, 3.8) is 0 Å². The summed E-state index contributed by atoms with van der Waals surface area (Å²) in [5, 5.41) is 17.4. The van der Waals surface area contributed by atoms with E-state index in [0.717, 1.165) is 30.4 Å². The van der Waals surface area contributed by atoms with Crippen molar-refractivity contribution in [3.8, 4) is 0 Å². The zero-order valence-electron chi connectivity index (χ0n) is 12.7. The van der Waals surface area contributed by atoms with Crippen LogP contribution in [-0.2, 0) is 15.8 Å². The van der Waals surface area contributed by atoms with Crippen molar-refractivity contribution < 1.29 is 9.90 Å². The van der Waals surface area contributed by atoms with Crippen LogP contribution in [0.4, 0.5) is 0 Å². The van der Waals surface area contributed by atoms with Crippen molar-refractivity contribution in [2.45, 2.75) is 37.2 Å². The molecule has 4 heteroatoms. The maximum absolute atomic E-state index is 12.7. The highest BCUT2D eigenvalue weighted by Gasteiger charge is 2.45. The number of rotatable bonds is 5. The standard InChI is InChI=1S/C18H21NO2S/c1-17(21,15-8-11-22-12-15)13-19-16(20)18(9-5-10-18)14-6-3-2-4-7-14/h2-4,6-8,11-12,21H,5,9-10,13H2,1H3,(H,19,20). The van der Waals surface area contributed by atoms with Gasteiger partial charge in [-0.05, 0) is 47.7 Å². The molecule has 3 nitrogen and oxygen atoms in total. The van der Waals surface area contributed by atoms with E-state index in [0.29, 0.717) is 0 Å². The average Bonchev–Trinajstić information content (AvgIpc) is 3.00. The summed E-state index contributed by atoms with van der Waals surface area (Å²) in [5.74, 6) is 0.0282. The Morgan fingerprint density at radius 1 is 1.32 bits per heavy atom. The quantitative estimate of drug-likeness (QED) is 0.890. The number of nitrogens with one attached hydrogen (secondary N) is 1. The van der Waals surface area contributed by atoms with Crippen LogP contribution in [0.25, 0.3) is 0 Å². The van der Waals surface area contributed by atoms with E-state index < -0.39 is 11.0 Å². The first-order valence-electron chi connectivity index (χ1n) is 7.63. The van der Waals surface area contributed by atoms with Crippen molar-refractivity contribution >= 4 is 17.2 Å². The molecular weight excluding hydrogens is 294 g/mol. The third kappa shape index (κ3) is 2.69. The first-order valence-corrected chi connectivity index (χ1v) is 8.58. The lowest BCUT2D eigenvalue weighted by atomic mass is 9.64. The number of aliphatic hydroxyl groups is 1. The number of thiophene rings is 1. The van der Waals surface area contributed by atoms with Crippen LogP contribution in [0.3, 0.4) is 0 Å². The number of hydrogen-bond donors (Lipinski definition) is 2. The van der Waals surface area contributed by atoms with Crippen molar-refractivity contribution in [2.75, 3.05) is 6.54 Å². The monoisotopic (exact) mass is 315 g/mol. The highest BCUT2D eigenvalue weighted by Crippen LogP contribution is 2.44. The highest BCUT2D eigenvalue weighted by atomic mass is 32.1. The maximum Gasteiger partial charge on any atom is 0.230 e. The second-order valence-electron chi connectivity index (χ2n) is 6.27. The summed E-state index contributed by atoms with van der Waals surface area (Å²) in [6.45, 7) is 1.97. The minimum atomic E-state index is -1.03. The zero-order chi connectivity index (χ0) is 15.6. The minimum absolute atomic E-state index is 0.0282. The van der Waals surface area contributed by atoms with Gasteiger partial charge in [-0.2, -0.15) is 11.3 Å². The minimum Gasteiger partial charge on any atom is -0.384 e. The first kappa shape index (κ1) is 15.3. The van der Waals surface area contributed by atoms with E-state index in [1.54, 1.807) is 18.3 Å². The van der Waals surface area contributed by atoms with E-state index in [-0.39, 0.29) is 12.5 Å². The second kappa shape index (κ2) is 5.86. The number of amides is 1. The van der Waals surface area contributed by atoms with Gasteiger partial charge in [-0.15, -0.1) is 0 Å². The molecule has 0 saturated heterocycles. The molecular formula is C18H21NO2S. The van der Waals surface area contributed by atoms with Crippen LogP contribution < -0.4 is 5.32 Å². The highest BCUT2D eigenvalue weighted by molar-refractivity contribution is 7.08. The normalized spacial score (nSPS) is 19.0. The Bertz CT molecular complexity index is 630. The van der Waals surface area contributed by atoms with E-state index in [4.69, 9.17) is 0 Å². The SMILES string of the molecule is CC(O)(CNC(=O)C1(c2ccccc2)CCC1)c1ccsc1. The smallest absolute Gasteiger partial charge is 0.230 e. The Morgan fingerprint density at radius 2 is 2.05 bits per heavy atom. The van der Waals surface area contributed by atoms with Crippen molar-refractivity contribution in [1.29, 1.82) is 0 Å². The second-order valence-corrected chi connectivity index (χ2v) is 7.05. The molecule has 22 heavy (non-hydrogen) atoms. The molecule has 1 aliphatic carbocycles. The van der Waals surface area contributed by atoms with Gasteiger partial charge < -0.3 is 10.4 Å². The van der Waals surface area contributed by atoms with Crippen molar-refractivity contribution in [2.24, 2.45) is 0 Å². The van der Waals surface area contributed by atoms with Gasteiger partial charge in [0, 0.05) is 0 Å². The molecule has 0 bridgehead atoms. The van der Waals surface area contributed by atoms with Crippen LogP contribution in [-0.4, -0.2) is 17.6 Å². The summed E-state index contributed by atoms with van der Waals surface area (Å²) in [6.07, 6.45) is 2.83. The number of carbonyl (C=O) groups is 1. The third-order valence-corrected chi connectivity index (χ3v) is 5.39. The van der Waals surface area contributed by atoms with Gasteiger partial charge >= 0.3 is 0 Å². The first-order chi connectivity index (χ1) is 10.5. The van der Waals surface area contributed by atoms with E-state index in [1.165, 1.54) is 0 Å². The molecule has 1 aliphatic rings. The summed E-state index contributed by atoms with van der Waals surface area (Å²) in [5.41, 5.74) is 0.484. The van der Waals surface area contributed by atoms with Crippen LogP contribution in [0.2, 0.25) is 0 Å². The molecule has 1 unspecified atom stereocenters. The predicted octanol–water partition coefficient (Wildman–Crippen LogP) is 3.19. The third-order valence-electron chi connectivity index (χ3n) is 4.70. The van der Waals surface area contributed by atoms with Crippen LogP contribution in [0.1, 0.15) is 37.3 Å². The topological polar surface area (TPSA) is 49.3 Å². The molecule has 1 atom stereocenters. The molecule has 116 valence electrons. The lowest BCUT2D eigenvalue weighted by Crippen LogP contribution is -2.51. The lowest BCUT2D eigenvalue weighted by molar-refractivity contribution is -0.131. The Kier molecular flexibility index (Phi) is 4.06. The Balaban J connectivity index is 1.71. The molecule has 2 N–H and O–H groups in total. The molecule has 0 spiro atoms. The molecule has 1 saturated carbocycles. The Hall–Kier alpha value is -1.65. The maximum atomic E-state index is 12.7. The lowest BCUT2D eigenvalue weighted by Gasteiger charge is -2.41. The summed E-state index contributed by atoms with van der Waals surface area (Å²) in [4.78, 5) is 12.7. The van der Waals surface area contributed by atoms with Crippen molar-refractivity contribution in [1.82, 2.24) is 5.32 Å². The molecule has 1 heterocycles.